The normalized spacial score (nSPS) is 23.0. The van der Waals surface area contributed by atoms with Gasteiger partial charge in [0, 0.05) is 42.7 Å². The Morgan fingerprint density at radius 2 is 1.63 bits per heavy atom. The summed E-state index contributed by atoms with van der Waals surface area (Å²) in [5.41, 5.74) is 5.02. The predicted molar refractivity (Wildman–Crippen MR) is 211 cm³/mol. The first-order valence-corrected chi connectivity index (χ1v) is 19.5. The number of hydrogen-bond donors (Lipinski definition) is 4. The molecule has 1 amide bonds. The number of pyridine rings is 1. The second-order valence-electron chi connectivity index (χ2n) is 15.4. The third-order valence-electron chi connectivity index (χ3n) is 12.1. The average Bonchev–Trinajstić information content (AvgIpc) is 3.22. The van der Waals surface area contributed by atoms with Crippen LogP contribution in [-0.4, -0.2) is 76.2 Å². The summed E-state index contributed by atoms with van der Waals surface area (Å²) in [6, 6.07) is 33.3. The molecule has 5 heterocycles. The van der Waals surface area contributed by atoms with Crippen molar-refractivity contribution in [1.29, 1.82) is 0 Å². The van der Waals surface area contributed by atoms with Crippen LogP contribution in [0.5, 0.6) is 11.5 Å². The lowest BCUT2D eigenvalue weighted by Gasteiger charge is -2.52. The highest BCUT2D eigenvalue weighted by atomic mass is 16.5. The van der Waals surface area contributed by atoms with Crippen LogP contribution in [-0.2, 0) is 13.0 Å². The third-order valence-corrected chi connectivity index (χ3v) is 12.1. The van der Waals surface area contributed by atoms with Gasteiger partial charge in [-0.05, 0) is 128 Å². The summed E-state index contributed by atoms with van der Waals surface area (Å²) in [6.07, 6.45) is 4.53. The molecule has 4 atom stereocenters. The lowest BCUT2D eigenvalue weighted by atomic mass is 9.70. The highest BCUT2D eigenvalue weighted by Gasteiger charge is 2.44. The standard InChI is InChI=1S/C45H50N4O5/c50-41-16-14-37(38-15-17-43(52)47-44(38)41)42(51)27-46-22-18-30-6-8-31(9-7-30)29-54-36-12-10-34(11-13-36)45(53)49-25-21-35(32-4-2-1-3-5-32)26-40(49)39-28-48-23-19-33(39)20-24-48/h1-17,33,35,39-40,42,46,50-51H,18-29H2,(H,47,52)/t35?,39?,40-,42+/m1/s1. The number of phenols is 1. The molecule has 2 unspecified atom stereocenters. The number of H-pyrrole nitrogens is 1. The van der Waals surface area contributed by atoms with Crippen molar-refractivity contribution in [2.75, 3.05) is 39.3 Å². The minimum Gasteiger partial charge on any atom is -0.506 e. The summed E-state index contributed by atoms with van der Waals surface area (Å²) in [5.74, 6) is 2.59. The van der Waals surface area contributed by atoms with Gasteiger partial charge in [-0.2, -0.15) is 0 Å². The number of carbonyl (C=O) groups excluding carboxylic acids is 1. The summed E-state index contributed by atoms with van der Waals surface area (Å²) in [4.78, 5) is 33.3. The first kappa shape index (κ1) is 36.0. The molecule has 0 spiro atoms. The molecule has 280 valence electrons. The number of hydrogen-bond acceptors (Lipinski definition) is 7. The molecule has 5 aromatic rings. The van der Waals surface area contributed by atoms with Gasteiger partial charge in [-0.1, -0.05) is 60.7 Å². The molecule has 4 fully saturated rings. The van der Waals surface area contributed by atoms with Crippen molar-refractivity contribution in [3.8, 4) is 11.5 Å². The van der Waals surface area contributed by atoms with Gasteiger partial charge in [0.25, 0.3) is 5.91 Å². The summed E-state index contributed by atoms with van der Waals surface area (Å²) >= 11 is 0. The van der Waals surface area contributed by atoms with Gasteiger partial charge in [-0.25, -0.2) is 0 Å². The number of carbonyl (C=O) groups is 1. The van der Waals surface area contributed by atoms with Gasteiger partial charge >= 0.3 is 0 Å². The van der Waals surface area contributed by atoms with Crippen molar-refractivity contribution in [2.24, 2.45) is 11.8 Å². The molecule has 9 rings (SSSR count). The van der Waals surface area contributed by atoms with E-state index in [0.29, 0.717) is 53.9 Å². The Morgan fingerprint density at radius 3 is 2.37 bits per heavy atom. The number of aliphatic hydroxyl groups is 1. The maximum atomic E-state index is 14.1. The first-order valence-electron chi connectivity index (χ1n) is 19.5. The number of nitrogens with one attached hydrogen (secondary N) is 2. The monoisotopic (exact) mass is 726 g/mol. The molecule has 2 bridgehead atoms. The Morgan fingerprint density at radius 1 is 0.870 bits per heavy atom. The van der Waals surface area contributed by atoms with E-state index >= 15 is 0 Å². The zero-order valence-electron chi connectivity index (χ0n) is 30.7. The lowest BCUT2D eigenvalue weighted by Crippen LogP contribution is -2.58. The molecule has 4 N–H and O–H groups in total. The Hall–Kier alpha value is -4.96. The van der Waals surface area contributed by atoms with E-state index in [1.54, 1.807) is 12.1 Å². The number of aromatic hydroxyl groups is 1. The molecule has 1 aromatic heterocycles. The molecule has 9 heteroatoms. The van der Waals surface area contributed by atoms with Gasteiger partial charge in [-0.15, -0.1) is 0 Å². The van der Waals surface area contributed by atoms with Crippen molar-refractivity contribution in [3.63, 3.8) is 0 Å². The number of fused-ring (bicyclic) bond motifs is 4. The van der Waals surface area contributed by atoms with E-state index in [4.69, 9.17) is 4.74 Å². The van der Waals surface area contributed by atoms with Crippen molar-refractivity contribution < 1.29 is 19.7 Å². The van der Waals surface area contributed by atoms with Gasteiger partial charge in [0.15, 0.2) is 0 Å². The SMILES string of the molecule is O=C(c1ccc(OCc2ccc(CCNC[C@H](O)c3ccc(O)c4[nH]c(=O)ccc34)cc2)cc1)N1CCC(c2ccccc2)C[C@@H]1C1CN2CCC1CC2. The molecular weight excluding hydrogens is 677 g/mol. The van der Waals surface area contributed by atoms with Crippen molar-refractivity contribution in [2.45, 2.75) is 56.8 Å². The molecule has 0 radical (unpaired) electrons. The van der Waals surface area contributed by atoms with E-state index in [2.05, 4.69) is 74.7 Å². The molecule has 4 saturated heterocycles. The van der Waals surface area contributed by atoms with Crippen LogP contribution in [0.2, 0.25) is 0 Å². The van der Waals surface area contributed by atoms with Gasteiger partial charge in [0.05, 0.1) is 11.6 Å². The highest BCUT2D eigenvalue weighted by molar-refractivity contribution is 5.94. The number of piperidine rings is 4. The van der Waals surface area contributed by atoms with E-state index < -0.39 is 6.10 Å². The zero-order valence-corrected chi connectivity index (χ0v) is 30.7. The Bertz CT molecular complexity index is 2090. The second-order valence-corrected chi connectivity index (χ2v) is 15.4. The van der Waals surface area contributed by atoms with Gasteiger partial charge in [0.1, 0.15) is 18.1 Å². The molecule has 4 aliphatic heterocycles. The van der Waals surface area contributed by atoms with Crippen LogP contribution in [0.15, 0.2) is 108 Å². The molecule has 4 aliphatic rings. The fraction of sp³-hybridized carbons (Fsp3) is 0.378. The number of ether oxygens (including phenoxy) is 1. The van der Waals surface area contributed by atoms with Crippen LogP contribution >= 0.6 is 0 Å². The number of phenolic OH excluding ortho intramolecular Hbond substituents is 1. The van der Waals surface area contributed by atoms with E-state index in [-0.39, 0.29) is 23.3 Å². The highest BCUT2D eigenvalue weighted by Crippen LogP contribution is 2.43. The number of aromatic nitrogens is 1. The van der Waals surface area contributed by atoms with E-state index in [0.717, 1.165) is 49.2 Å². The number of rotatable bonds is 12. The minimum absolute atomic E-state index is 0.0246. The number of aliphatic hydroxyl groups excluding tert-OH is 1. The van der Waals surface area contributed by atoms with Crippen LogP contribution in [0.25, 0.3) is 10.9 Å². The predicted octanol–water partition coefficient (Wildman–Crippen LogP) is 6.41. The number of benzene rings is 4. The van der Waals surface area contributed by atoms with Crippen LogP contribution in [0.4, 0.5) is 0 Å². The number of aromatic amines is 1. The first-order chi connectivity index (χ1) is 26.4. The summed E-state index contributed by atoms with van der Waals surface area (Å²) in [6.45, 7) is 5.75. The molecule has 4 aromatic carbocycles. The Kier molecular flexibility index (Phi) is 10.8. The third kappa shape index (κ3) is 7.94. The topological polar surface area (TPSA) is 118 Å². The van der Waals surface area contributed by atoms with Crippen molar-refractivity contribution in [1.82, 2.24) is 20.1 Å². The Labute approximate surface area is 316 Å². The fourth-order valence-corrected chi connectivity index (χ4v) is 9.09. The van der Waals surface area contributed by atoms with Gasteiger partial charge in [0.2, 0.25) is 5.56 Å². The number of nitrogens with zero attached hydrogens (tertiary/aromatic N) is 2. The van der Waals surface area contributed by atoms with E-state index in [1.807, 2.05) is 24.3 Å². The maximum absolute atomic E-state index is 14.1. The molecular formula is C45H50N4O5. The van der Waals surface area contributed by atoms with E-state index in [1.165, 1.54) is 49.2 Å². The van der Waals surface area contributed by atoms with Crippen LogP contribution in [0, 0.1) is 11.8 Å². The number of amides is 1. The quantitative estimate of drug-likeness (QED) is 0.110. The average molecular weight is 727 g/mol. The molecule has 9 nitrogen and oxygen atoms in total. The minimum atomic E-state index is -0.796. The summed E-state index contributed by atoms with van der Waals surface area (Å²) in [7, 11) is 0. The summed E-state index contributed by atoms with van der Waals surface area (Å²) in [5, 5.41) is 24.9. The zero-order chi connectivity index (χ0) is 37.0. The van der Waals surface area contributed by atoms with Gasteiger partial charge in [-0.3, -0.25) is 9.59 Å². The second kappa shape index (κ2) is 16.2. The Balaban J connectivity index is 0.827. The van der Waals surface area contributed by atoms with Crippen molar-refractivity contribution >= 4 is 16.8 Å². The van der Waals surface area contributed by atoms with Crippen LogP contribution in [0.1, 0.15) is 70.3 Å². The molecule has 0 aliphatic carbocycles. The van der Waals surface area contributed by atoms with Gasteiger partial charge < -0.3 is 35.1 Å². The summed E-state index contributed by atoms with van der Waals surface area (Å²) < 4.78 is 6.13. The smallest absolute Gasteiger partial charge is 0.254 e. The van der Waals surface area contributed by atoms with Crippen LogP contribution in [0.3, 0.4) is 0 Å². The molecule has 54 heavy (non-hydrogen) atoms. The fourth-order valence-electron chi connectivity index (χ4n) is 9.09. The molecule has 0 saturated carbocycles. The lowest BCUT2D eigenvalue weighted by molar-refractivity contribution is -0.0155. The van der Waals surface area contributed by atoms with Crippen molar-refractivity contribution in [3.05, 3.63) is 141 Å². The van der Waals surface area contributed by atoms with Crippen LogP contribution < -0.4 is 15.6 Å². The largest absolute Gasteiger partial charge is 0.506 e. The van der Waals surface area contributed by atoms with E-state index in [9.17, 15) is 19.8 Å². The maximum Gasteiger partial charge on any atom is 0.254 e. The number of likely N-dealkylation sites (tertiary alicyclic amines) is 1.